The largest absolute Gasteiger partial charge is 0.456 e. The van der Waals surface area contributed by atoms with Gasteiger partial charge in [-0.05, 0) is 41.0 Å². The van der Waals surface area contributed by atoms with Crippen LogP contribution in [0.2, 0.25) is 0 Å². The standard InChI is InChI=1S/C30H21N2O/c1-19-11-14-23-24-15-16-25(31-2)28(22-13-12-20-8-4-5-9-21(20)18-22)30(24)33-29(23)27(19)26-10-6-7-17-32(26)3/h4-18H,1,3H3/q+1. The maximum absolute atomic E-state index is 7.83. The van der Waals surface area contributed by atoms with Crippen molar-refractivity contribution in [3.63, 3.8) is 0 Å². The molecule has 0 aliphatic heterocycles. The molecule has 0 N–H and O–H groups in total. The van der Waals surface area contributed by atoms with E-state index in [9.17, 15) is 0 Å². The molecule has 0 aliphatic carbocycles. The molecule has 2 heterocycles. The Hall–Kier alpha value is -4.42. The molecule has 0 amide bonds. The predicted molar refractivity (Wildman–Crippen MR) is 134 cm³/mol. The van der Waals surface area contributed by atoms with Gasteiger partial charge in [0.15, 0.2) is 11.9 Å². The van der Waals surface area contributed by atoms with Crippen molar-refractivity contribution in [2.45, 2.75) is 6.92 Å². The van der Waals surface area contributed by atoms with Crippen molar-refractivity contribution >= 4 is 38.4 Å². The highest BCUT2D eigenvalue weighted by atomic mass is 16.3. The van der Waals surface area contributed by atoms with Crippen LogP contribution in [0.25, 0.3) is 59.9 Å². The van der Waals surface area contributed by atoms with Gasteiger partial charge in [-0.1, -0.05) is 60.7 Å². The van der Waals surface area contributed by atoms with Gasteiger partial charge in [0, 0.05) is 28.5 Å². The Kier molecular flexibility index (Phi) is 4.28. The molecular weight excluding hydrogens is 404 g/mol. The highest BCUT2D eigenvalue weighted by Crippen LogP contribution is 2.44. The second-order valence-corrected chi connectivity index (χ2v) is 8.44. The Morgan fingerprint density at radius 3 is 2.27 bits per heavy atom. The van der Waals surface area contributed by atoms with Gasteiger partial charge in [-0.15, -0.1) is 0 Å². The van der Waals surface area contributed by atoms with E-state index in [2.05, 4.69) is 64.9 Å². The fourth-order valence-electron chi connectivity index (χ4n) is 4.81. The molecule has 0 aliphatic rings. The minimum Gasteiger partial charge on any atom is -0.456 e. The number of aromatic nitrogens is 1. The van der Waals surface area contributed by atoms with Gasteiger partial charge in [-0.25, -0.2) is 9.41 Å². The quantitative estimate of drug-likeness (QED) is 0.205. The molecule has 2 aromatic heterocycles. The number of pyridine rings is 1. The predicted octanol–water partition coefficient (Wildman–Crippen LogP) is 7.76. The van der Waals surface area contributed by atoms with Crippen LogP contribution < -0.4 is 4.57 Å². The van der Waals surface area contributed by atoms with Crippen LogP contribution in [0.5, 0.6) is 0 Å². The first kappa shape index (κ1) is 19.3. The van der Waals surface area contributed by atoms with E-state index < -0.39 is 0 Å². The molecule has 156 valence electrons. The van der Waals surface area contributed by atoms with Gasteiger partial charge in [0.05, 0.1) is 12.1 Å². The second-order valence-electron chi connectivity index (χ2n) is 8.44. The summed E-state index contributed by atoms with van der Waals surface area (Å²) < 4.78 is 8.77. The van der Waals surface area contributed by atoms with Gasteiger partial charge in [0.2, 0.25) is 5.69 Å². The Bertz CT molecular complexity index is 1750. The van der Waals surface area contributed by atoms with Crippen LogP contribution in [-0.4, -0.2) is 0 Å². The Balaban J connectivity index is 1.72. The first-order valence-electron chi connectivity index (χ1n) is 11.0. The van der Waals surface area contributed by atoms with E-state index in [0.29, 0.717) is 5.69 Å². The average Bonchev–Trinajstić information content (AvgIpc) is 3.22. The number of benzene rings is 4. The molecule has 0 saturated heterocycles. The molecule has 6 aromatic rings. The maximum atomic E-state index is 7.83. The lowest BCUT2D eigenvalue weighted by Crippen LogP contribution is -2.30. The molecule has 4 aromatic carbocycles. The van der Waals surface area contributed by atoms with Crippen molar-refractivity contribution in [2.24, 2.45) is 7.05 Å². The minimum absolute atomic E-state index is 0.598. The van der Waals surface area contributed by atoms with E-state index in [-0.39, 0.29) is 0 Å². The molecule has 0 saturated carbocycles. The van der Waals surface area contributed by atoms with Crippen molar-refractivity contribution in [3.8, 4) is 22.4 Å². The van der Waals surface area contributed by atoms with E-state index in [1.165, 1.54) is 5.39 Å². The van der Waals surface area contributed by atoms with Crippen molar-refractivity contribution in [1.82, 2.24) is 0 Å². The van der Waals surface area contributed by atoms with Crippen LogP contribution in [0.15, 0.2) is 95.5 Å². The van der Waals surface area contributed by atoms with Crippen LogP contribution in [0, 0.1) is 13.5 Å². The zero-order valence-corrected chi connectivity index (χ0v) is 18.5. The summed E-state index contributed by atoms with van der Waals surface area (Å²) in [7, 11) is 2.05. The SMILES string of the molecule is [C-]#[N+]c1ccc2c(oc3c(-c4cccc[n+]4C)c(C)ccc32)c1-c1ccc2ccccc2c1. The van der Waals surface area contributed by atoms with E-state index in [1.54, 1.807) is 0 Å². The van der Waals surface area contributed by atoms with Crippen molar-refractivity contribution in [3.05, 3.63) is 108 Å². The minimum atomic E-state index is 0.598. The van der Waals surface area contributed by atoms with Crippen LogP contribution in [0.3, 0.4) is 0 Å². The van der Waals surface area contributed by atoms with Gasteiger partial charge in [-0.2, -0.15) is 0 Å². The molecule has 3 nitrogen and oxygen atoms in total. The fourth-order valence-corrected chi connectivity index (χ4v) is 4.81. The van der Waals surface area contributed by atoms with E-state index in [1.807, 2.05) is 49.6 Å². The molecule has 0 spiro atoms. The lowest BCUT2D eigenvalue weighted by molar-refractivity contribution is -0.660. The molecular formula is C30H21N2O+. The number of hydrogen-bond acceptors (Lipinski definition) is 1. The summed E-state index contributed by atoms with van der Waals surface area (Å²) >= 11 is 0. The number of hydrogen-bond donors (Lipinski definition) is 0. The molecule has 0 unspecified atom stereocenters. The number of aryl methyl sites for hydroxylation is 2. The zero-order valence-electron chi connectivity index (χ0n) is 18.5. The van der Waals surface area contributed by atoms with Crippen LogP contribution in [-0.2, 0) is 7.05 Å². The van der Waals surface area contributed by atoms with Crippen LogP contribution in [0.4, 0.5) is 5.69 Å². The maximum Gasteiger partial charge on any atom is 0.216 e. The van der Waals surface area contributed by atoms with Crippen molar-refractivity contribution in [1.29, 1.82) is 0 Å². The lowest BCUT2D eigenvalue weighted by Gasteiger charge is -2.07. The molecule has 0 fully saturated rings. The summed E-state index contributed by atoms with van der Waals surface area (Å²) in [6.45, 7) is 9.94. The van der Waals surface area contributed by atoms with Crippen LogP contribution >= 0.6 is 0 Å². The molecule has 3 heteroatoms. The fraction of sp³-hybridized carbons (Fsp3) is 0.0667. The number of nitrogens with zero attached hydrogens (tertiary/aromatic N) is 2. The summed E-state index contributed by atoms with van der Waals surface area (Å²) in [6.07, 6.45) is 2.05. The van der Waals surface area contributed by atoms with E-state index in [0.717, 1.165) is 55.3 Å². The van der Waals surface area contributed by atoms with Gasteiger partial charge in [-0.3, -0.25) is 0 Å². The zero-order chi connectivity index (χ0) is 22.5. The van der Waals surface area contributed by atoms with Crippen molar-refractivity contribution in [2.75, 3.05) is 0 Å². The third kappa shape index (κ3) is 2.92. The Labute approximate surface area is 192 Å². The van der Waals surface area contributed by atoms with Gasteiger partial charge >= 0.3 is 0 Å². The number of furan rings is 1. The highest BCUT2D eigenvalue weighted by Gasteiger charge is 2.22. The number of fused-ring (bicyclic) bond motifs is 4. The van der Waals surface area contributed by atoms with E-state index >= 15 is 0 Å². The third-order valence-corrected chi connectivity index (χ3v) is 6.47. The van der Waals surface area contributed by atoms with Crippen molar-refractivity contribution < 1.29 is 8.98 Å². The average molecular weight is 426 g/mol. The first-order valence-corrected chi connectivity index (χ1v) is 11.0. The Morgan fingerprint density at radius 1 is 0.758 bits per heavy atom. The molecule has 6 rings (SSSR count). The number of rotatable bonds is 2. The van der Waals surface area contributed by atoms with E-state index in [4.69, 9.17) is 11.0 Å². The lowest BCUT2D eigenvalue weighted by atomic mass is 9.96. The summed E-state index contributed by atoms with van der Waals surface area (Å²) in [5.74, 6) is 0. The smallest absolute Gasteiger partial charge is 0.216 e. The summed E-state index contributed by atoms with van der Waals surface area (Å²) in [5.41, 5.74) is 7.40. The topological polar surface area (TPSA) is 21.4 Å². The Morgan fingerprint density at radius 2 is 1.48 bits per heavy atom. The molecule has 33 heavy (non-hydrogen) atoms. The summed E-state index contributed by atoms with van der Waals surface area (Å²) in [5, 5.41) is 4.41. The molecule has 0 radical (unpaired) electrons. The monoisotopic (exact) mass is 425 g/mol. The third-order valence-electron chi connectivity index (χ3n) is 6.47. The van der Waals surface area contributed by atoms with Crippen LogP contribution in [0.1, 0.15) is 5.56 Å². The molecule has 0 bridgehead atoms. The summed E-state index contributed by atoms with van der Waals surface area (Å²) in [6, 6.07) is 29.0. The summed E-state index contributed by atoms with van der Waals surface area (Å²) in [4.78, 5) is 3.85. The molecule has 0 atom stereocenters. The van der Waals surface area contributed by atoms with Gasteiger partial charge in [0.1, 0.15) is 18.2 Å². The van der Waals surface area contributed by atoms with Gasteiger partial charge in [0.25, 0.3) is 0 Å². The first-order chi connectivity index (χ1) is 16.2. The van der Waals surface area contributed by atoms with Gasteiger partial charge < -0.3 is 4.42 Å². The second kappa shape index (κ2) is 7.32. The normalized spacial score (nSPS) is 11.3. The highest BCUT2D eigenvalue weighted by molar-refractivity contribution is 6.15.